The molecule has 4 rings (SSSR count). The Kier molecular flexibility index (Phi) is 8.60. The summed E-state index contributed by atoms with van der Waals surface area (Å²) in [7, 11) is -16.9. The normalized spacial score (nSPS) is 25.8. The molecule has 1 aromatic carbocycles. The summed E-state index contributed by atoms with van der Waals surface area (Å²) >= 11 is 0. The number of nitrogens with zero attached hydrogens (tertiary/aromatic N) is 3. The van der Waals surface area contributed by atoms with Gasteiger partial charge in [-0.1, -0.05) is 11.8 Å². The maximum absolute atomic E-state index is 13.2. The van der Waals surface area contributed by atoms with E-state index >= 15 is 0 Å². The molecule has 0 spiro atoms. The molecule has 2 unspecified atom stereocenters. The zero-order valence-electron chi connectivity index (χ0n) is 20.6. The van der Waals surface area contributed by atoms with E-state index in [1.54, 1.807) is 0 Å². The number of phosphoric acid groups is 3. The zero-order valence-corrected chi connectivity index (χ0v) is 23.3. The first kappa shape index (κ1) is 31.4. The molecule has 6 atom stereocenters. The van der Waals surface area contributed by atoms with Crippen LogP contribution in [-0.4, -0.2) is 68.7 Å². The van der Waals surface area contributed by atoms with Gasteiger partial charge in [-0.3, -0.25) is 4.52 Å². The number of hydrogen-bond donors (Lipinski definition) is 7. The second-order valence-electron chi connectivity index (χ2n) is 8.75. The van der Waals surface area contributed by atoms with Crippen LogP contribution >= 0.6 is 23.5 Å². The van der Waals surface area contributed by atoms with Crippen LogP contribution in [0.5, 0.6) is 0 Å². The minimum absolute atomic E-state index is 0.0135. The fourth-order valence-electron chi connectivity index (χ4n) is 3.90. The predicted octanol–water partition coefficient (Wildman–Crippen LogP) is 0.905. The quantitative estimate of drug-likeness (QED) is 0.133. The molecule has 3 aromatic rings. The Morgan fingerprint density at radius 3 is 2.39 bits per heavy atom. The van der Waals surface area contributed by atoms with E-state index in [9.17, 15) is 38.1 Å². The summed E-state index contributed by atoms with van der Waals surface area (Å²) in [5.41, 5.74) is 4.78. The molecule has 222 valence electrons. The molecule has 8 N–H and O–H groups in total. The maximum atomic E-state index is 13.2. The van der Waals surface area contributed by atoms with Gasteiger partial charge in [-0.05, 0) is 31.2 Å². The Balaban J connectivity index is 1.60. The number of aromatic nitrogens is 3. The first-order chi connectivity index (χ1) is 18.9. The van der Waals surface area contributed by atoms with Crippen molar-refractivity contribution in [3.05, 3.63) is 53.7 Å². The Morgan fingerprint density at radius 2 is 1.76 bits per heavy atom. The molecule has 3 heterocycles. The number of hydrogen-bond acceptors (Lipinski definition) is 12. The monoisotopic (exact) mass is 638 g/mol. The summed E-state index contributed by atoms with van der Waals surface area (Å²) in [5, 5.41) is 22.1. The Bertz CT molecular complexity index is 1670. The molecule has 0 aliphatic carbocycles. The van der Waals surface area contributed by atoms with Crippen molar-refractivity contribution < 1.29 is 65.8 Å². The SMILES string of the molecule is C[C@@]1(O)[C@H](O)[C@@H](COP(=O)(O)OP(=O)(O)OP(=O)(O)O)O[C@H]1n1cc(C#Cc2ccc(F)cc2)c2c(N)ncnc21. The molecule has 0 saturated carbocycles. The number of nitrogen functional groups attached to an aromatic ring is 1. The van der Waals surface area contributed by atoms with E-state index in [1.165, 1.54) is 42.0 Å². The van der Waals surface area contributed by atoms with E-state index in [0.29, 0.717) is 5.56 Å². The van der Waals surface area contributed by atoms with E-state index in [1.807, 2.05) is 0 Å². The average molecular weight is 638 g/mol. The first-order valence-electron chi connectivity index (χ1n) is 11.1. The van der Waals surface area contributed by atoms with Gasteiger partial charge >= 0.3 is 23.5 Å². The first-order valence-corrected chi connectivity index (χ1v) is 15.6. The highest BCUT2D eigenvalue weighted by atomic mass is 31.3. The molecular formula is C20H22FN4O13P3. The highest BCUT2D eigenvalue weighted by molar-refractivity contribution is 7.66. The van der Waals surface area contributed by atoms with Gasteiger partial charge in [0, 0.05) is 11.8 Å². The van der Waals surface area contributed by atoms with Crippen LogP contribution in [0, 0.1) is 17.7 Å². The van der Waals surface area contributed by atoms with Crippen molar-refractivity contribution >= 4 is 40.3 Å². The molecule has 1 saturated heterocycles. The second-order valence-corrected chi connectivity index (χ2v) is 13.2. The second kappa shape index (κ2) is 11.3. The molecule has 41 heavy (non-hydrogen) atoms. The van der Waals surface area contributed by atoms with Crippen molar-refractivity contribution in [2.75, 3.05) is 12.3 Å². The number of rotatable bonds is 8. The summed E-state index contributed by atoms with van der Waals surface area (Å²) in [6.45, 7) is 0.151. The zero-order chi connectivity index (χ0) is 30.4. The molecular weight excluding hydrogens is 616 g/mol. The fourth-order valence-corrected chi connectivity index (χ4v) is 6.93. The van der Waals surface area contributed by atoms with E-state index in [4.69, 9.17) is 20.3 Å². The molecule has 0 bridgehead atoms. The van der Waals surface area contributed by atoms with Crippen LogP contribution in [-0.2, 0) is 31.6 Å². The van der Waals surface area contributed by atoms with Crippen LogP contribution in [0.2, 0.25) is 0 Å². The van der Waals surface area contributed by atoms with Gasteiger partial charge in [0.05, 0.1) is 17.6 Å². The van der Waals surface area contributed by atoms with Gasteiger partial charge in [-0.2, -0.15) is 8.62 Å². The van der Waals surface area contributed by atoms with Crippen molar-refractivity contribution in [2.24, 2.45) is 0 Å². The molecule has 21 heteroatoms. The summed E-state index contributed by atoms with van der Waals surface area (Å²) in [4.78, 5) is 44.3. The van der Waals surface area contributed by atoms with Gasteiger partial charge in [-0.15, -0.1) is 0 Å². The minimum atomic E-state index is -5.77. The number of fused-ring (bicyclic) bond motifs is 1. The molecule has 0 amide bonds. The number of aliphatic hydroxyl groups excluding tert-OH is 1. The van der Waals surface area contributed by atoms with Crippen LogP contribution in [0.3, 0.4) is 0 Å². The Morgan fingerprint density at radius 1 is 1.10 bits per heavy atom. The third-order valence-corrected chi connectivity index (χ3v) is 9.45. The van der Waals surface area contributed by atoms with E-state index in [-0.39, 0.29) is 22.4 Å². The number of anilines is 1. The molecule has 1 aliphatic heterocycles. The van der Waals surface area contributed by atoms with Gasteiger partial charge in [-0.25, -0.2) is 28.1 Å². The summed E-state index contributed by atoms with van der Waals surface area (Å²) in [6, 6.07) is 5.34. The largest absolute Gasteiger partial charge is 0.490 e. The molecule has 1 fully saturated rings. The topological polar surface area (TPSA) is 266 Å². The maximum Gasteiger partial charge on any atom is 0.490 e. The molecule has 17 nitrogen and oxygen atoms in total. The van der Waals surface area contributed by atoms with Crippen LogP contribution < -0.4 is 5.73 Å². The third-order valence-electron chi connectivity index (χ3n) is 5.65. The van der Waals surface area contributed by atoms with Gasteiger partial charge in [0.15, 0.2) is 6.23 Å². The lowest BCUT2D eigenvalue weighted by molar-refractivity contribution is -0.0947. The van der Waals surface area contributed by atoms with E-state index < -0.39 is 59.9 Å². The van der Waals surface area contributed by atoms with E-state index in [0.717, 1.165) is 6.33 Å². The van der Waals surface area contributed by atoms with Crippen LogP contribution in [0.25, 0.3) is 11.0 Å². The van der Waals surface area contributed by atoms with Crippen LogP contribution in [0.4, 0.5) is 10.2 Å². The van der Waals surface area contributed by atoms with Crippen LogP contribution in [0.15, 0.2) is 36.8 Å². The van der Waals surface area contributed by atoms with Crippen molar-refractivity contribution in [1.82, 2.24) is 14.5 Å². The molecule has 2 aromatic heterocycles. The third kappa shape index (κ3) is 7.26. The van der Waals surface area contributed by atoms with E-state index in [2.05, 4.69) is 35.0 Å². The van der Waals surface area contributed by atoms with Gasteiger partial charge in [0.1, 0.15) is 41.4 Å². The van der Waals surface area contributed by atoms with Crippen LogP contribution in [0.1, 0.15) is 24.3 Å². The number of benzene rings is 1. The number of halogens is 1. The van der Waals surface area contributed by atoms with Gasteiger partial charge in [0.25, 0.3) is 0 Å². The summed E-state index contributed by atoms with van der Waals surface area (Å²) < 4.78 is 66.4. The van der Waals surface area contributed by atoms with Crippen molar-refractivity contribution in [1.29, 1.82) is 0 Å². The summed E-state index contributed by atoms with van der Waals surface area (Å²) in [6.07, 6.45) is -2.29. The number of nitrogens with two attached hydrogens (primary N) is 1. The molecule has 0 radical (unpaired) electrons. The molecule has 1 aliphatic rings. The standard InChI is InChI=1S/C20H22FN4O13P3/c1-20(27)16(26)14(9-35-40(31,32)38-41(33,34)37-39(28,29)30)36-19(20)25-8-12(15-17(22)23-10-24-18(15)25)5-2-11-3-6-13(21)7-4-11/h3-4,6-8,10,14,16,19,26-27H,9H2,1H3,(H,31,32)(H,33,34)(H2,22,23,24)(H2,28,29,30)/t14-,16-,19-,20-/m1/s1. The Labute approximate surface area is 229 Å². The number of aliphatic hydroxyl groups is 2. The summed E-state index contributed by atoms with van der Waals surface area (Å²) in [5.74, 6) is 5.25. The Hall–Kier alpha value is -2.58. The van der Waals surface area contributed by atoms with Crippen molar-refractivity contribution in [2.45, 2.75) is 31.0 Å². The highest BCUT2D eigenvalue weighted by Crippen LogP contribution is 2.66. The van der Waals surface area contributed by atoms with Gasteiger partial charge < -0.3 is 44.8 Å². The van der Waals surface area contributed by atoms with Gasteiger partial charge in [0.2, 0.25) is 0 Å². The lowest BCUT2D eigenvalue weighted by atomic mass is 9.96. The number of phosphoric ester groups is 1. The highest BCUT2D eigenvalue weighted by Gasteiger charge is 2.54. The smallest absolute Gasteiger partial charge is 0.387 e. The predicted molar refractivity (Wildman–Crippen MR) is 135 cm³/mol. The number of ether oxygens (including phenoxy) is 1. The lowest BCUT2D eigenvalue weighted by Gasteiger charge is -2.27. The van der Waals surface area contributed by atoms with Crippen molar-refractivity contribution in [3.63, 3.8) is 0 Å². The fraction of sp³-hybridized carbons (Fsp3) is 0.300. The lowest BCUT2D eigenvalue weighted by Crippen LogP contribution is -2.44. The van der Waals surface area contributed by atoms with Crippen molar-refractivity contribution in [3.8, 4) is 11.8 Å². The minimum Gasteiger partial charge on any atom is -0.387 e. The average Bonchev–Trinajstić information content (AvgIpc) is 3.30.